The lowest BCUT2D eigenvalue weighted by molar-refractivity contribution is -0.139. The molecule has 8 nitrogen and oxygen atoms in total. The summed E-state index contributed by atoms with van der Waals surface area (Å²) in [7, 11) is 1.59. The topological polar surface area (TPSA) is 85.1 Å². The van der Waals surface area contributed by atoms with E-state index in [4.69, 9.17) is 14.0 Å². The molecule has 1 aliphatic carbocycles. The first-order valence-electron chi connectivity index (χ1n) is 10.2. The molecule has 2 saturated heterocycles. The summed E-state index contributed by atoms with van der Waals surface area (Å²) in [4.78, 5) is 30.0. The van der Waals surface area contributed by atoms with E-state index in [1.165, 1.54) is 0 Å². The summed E-state index contributed by atoms with van der Waals surface area (Å²) in [5.41, 5.74) is 1.03. The van der Waals surface area contributed by atoms with Crippen molar-refractivity contribution in [3.63, 3.8) is 0 Å². The third-order valence-corrected chi connectivity index (χ3v) is 6.09. The van der Waals surface area contributed by atoms with Crippen molar-refractivity contribution < 1.29 is 23.6 Å². The number of aromatic nitrogens is 1. The first-order chi connectivity index (χ1) is 13.6. The number of hydrogen-bond acceptors (Lipinski definition) is 6. The van der Waals surface area contributed by atoms with Crippen LogP contribution in [0.5, 0.6) is 0 Å². The fraction of sp³-hybridized carbons (Fsp3) is 0.750. The molecule has 0 aromatic carbocycles. The van der Waals surface area contributed by atoms with Gasteiger partial charge in [-0.15, -0.1) is 0 Å². The maximum absolute atomic E-state index is 13.0. The number of methoxy groups -OCH3 is 1. The SMILES string of the molecule is COCc1c(C(=O)N2CCC(N(C(=O)C3CC3)C3CCOCC3)C2)noc1C. The van der Waals surface area contributed by atoms with Gasteiger partial charge in [0.05, 0.1) is 18.2 Å². The van der Waals surface area contributed by atoms with Crippen LogP contribution < -0.4 is 0 Å². The zero-order valence-electron chi connectivity index (χ0n) is 16.7. The Hall–Kier alpha value is -1.93. The van der Waals surface area contributed by atoms with Gasteiger partial charge in [-0.05, 0) is 39.0 Å². The molecule has 1 atom stereocenters. The Kier molecular flexibility index (Phi) is 5.68. The van der Waals surface area contributed by atoms with Crippen LogP contribution in [0.4, 0.5) is 0 Å². The molecule has 3 aliphatic rings. The van der Waals surface area contributed by atoms with Gasteiger partial charge in [0.1, 0.15) is 5.76 Å². The lowest BCUT2D eigenvalue weighted by Crippen LogP contribution is -2.51. The van der Waals surface area contributed by atoms with Crippen molar-refractivity contribution in [3.8, 4) is 0 Å². The highest BCUT2D eigenvalue weighted by atomic mass is 16.5. The van der Waals surface area contributed by atoms with Crippen LogP contribution in [0.15, 0.2) is 4.52 Å². The molecule has 0 spiro atoms. The summed E-state index contributed by atoms with van der Waals surface area (Å²) in [5, 5.41) is 3.97. The number of likely N-dealkylation sites (tertiary alicyclic amines) is 1. The number of carbonyl (C=O) groups is 2. The highest BCUT2D eigenvalue weighted by Crippen LogP contribution is 2.35. The Morgan fingerprint density at radius 3 is 2.61 bits per heavy atom. The Labute approximate surface area is 165 Å². The predicted octanol–water partition coefficient (Wildman–Crippen LogP) is 1.76. The summed E-state index contributed by atoms with van der Waals surface area (Å²) in [6.45, 7) is 4.65. The van der Waals surface area contributed by atoms with Gasteiger partial charge in [-0.1, -0.05) is 5.16 Å². The molecule has 2 amide bonds. The molecule has 3 fully saturated rings. The van der Waals surface area contributed by atoms with E-state index in [0.29, 0.717) is 49.9 Å². The van der Waals surface area contributed by atoms with E-state index in [0.717, 1.165) is 32.1 Å². The van der Waals surface area contributed by atoms with Crippen LogP contribution in [0.1, 0.15) is 53.9 Å². The van der Waals surface area contributed by atoms with E-state index in [9.17, 15) is 9.59 Å². The van der Waals surface area contributed by atoms with Crippen LogP contribution in [0.2, 0.25) is 0 Å². The zero-order chi connectivity index (χ0) is 19.7. The van der Waals surface area contributed by atoms with E-state index in [-0.39, 0.29) is 29.8 Å². The van der Waals surface area contributed by atoms with Gasteiger partial charge in [0.25, 0.3) is 5.91 Å². The van der Waals surface area contributed by atoms with Crippen LogP contribution in [0.25, 0.3) is 0 Å². The average Bonchev–Trinajstić information content (AvgIpc) is 3.35. The molecule has 0 bridgehead atoms. The number of rotatable bonds is 6. The summed E-state index contributed by atoms with van der Waals surface area (Å²) >= 11 is 0. The minimum Gasteiger partial charge on any atom is -0.381 e. The second-order valence-corrected chi connectivity index (χ2v) is 8.06. The van der Waals surface area contributed by atoms with Gasteiger partial charge < -0.3 is 23.8 Å². The smallest absolute Gasteiger partial charge is 0.276 e. The van der Waals surface area contributed by atoms with Crippen LogP contribution in [-0.4, -0.2) is 72.3 Å². The van der Waals surface area contributed by atoms with Crippen molar-refractivity contribution in [1.82, 2.24) is 15.0 Å². The van der Waals surface area contributed by atoms with E-state index >= 15 is 0 Å². The number of carbonyl (C=O) groups excluding carboxylic acids is 2. The van der Waals surface area contributed by atoms with Crippen molar-refractivity contribution in [1.29, 1.82) is 0 Å². The second-order valence-electron chi connectivity index (χ2n) is 8.06. The van der Waals surface area contributed by atoms with Crippen molar-refractivity contribution in [3.05, 3.63) is 17.0 Å². The predicted molar refractivity (Wildman–Crippen MR) is 99.7 cm³/mol. The maximum atomic E-state index is 13.0. The molecule has 3 heterocycles. The van der Waals surface area contributed by atoms with E-state index in [1.54, 1.807) is 18.9 Å². The quantitative estimate of drug-likeness (QED) is 0.735. The molecule has 1 aromatic heterocycles. The molecule has 1 aromatic rings. The lowest BCUT2D eigenvalue weighted by Gasteiger charge is -2.38. The van der Waals surface area contributed by atoms with Crippen molar-refractivity contribution in [2.75, 3.05) is 33.4 Å². The first-order valence-corrected chi connectivity index (χ1v) is 10.2. The molecule has 4 rings (SSSR count). The van der Waals surface area contributed by atoms with Crippen molar-refractivity contribution >= 4 is 11.8 Å². The molecular weight excluding hydrogens is 362 g/mol. The van der Waals surface area contributed by atoms with Crippen molar-refractivity contribution in [2.45, 2.75) is 57.7 Å². The molecule has 1 saturated carbocycles. The van der Waals surface area contributed by atoms with Crippen LogP contribution >= 0.6 is 0 Å². The second kappa shape index (κ2) is 8.21. The van der Waals surface area contributed by atoms with Crippen LogP contribution in [-0.2, 0) is 20.9 Å². The fourth-order valence-electron chi connectivity index (χ4n) is 4.34. The fourth-order valence-corrected chi connectivity index (χ4v) is 4.34. The minimum atomic E-state index is -0.141. The van der Waals surface area contributed by atoms with Gasteiger partial charge in [0.2, 0.25) is 5.91 Å². The molecule has 0 radical (unpaired) electrons. The van der Waals surface area contributed by atoms with E-state index in [2.05, 4.69) is 10.1 Å². The Morgan fingerprint density at radius 1 is 1.18 bits per heavy atom. The molecule has 154 valence electrons. The summed E-state index contributed by atoms with van der Waals surface area (Å²) < 4.78 is 15.9. The third kappa shape index (κ3) is 3.80. The molecule has 1 unspecified atom stereocenters. The van der Waals surface area contributed by atoms with E-state index < -0.39 is 0 Å². The van der Waals surface area contributed by atoms with Gasteiger partial charge in [0.15, 0.2) is 5.69 Å². The van der Waals surface area contributed by atoms with Gasteiger partial charge in [-0.25, -0.2) is 0 Å². The Bertz CT molecular complexity index is 723. The average molecular weight is 391 g/mol. The highest BCUT2D eigenvalue weighted by Gasteiger charge is 2.43. The lowest BCUT2D eigenvalue weighted by atomic mass is 10.0. The largest absolute Gasteiger partial charge is 0.381 e. The van der Waals surface area contributed by atoms with Crippen molar-refractivity contribution in [2.24, 2.45) is 5.92 Å². The monoisotopic (exact) mass is 391 g/mol. The number of hydrogen-bond donors (Lipinski definition) is 0. The number of amides is 2. The minimum absolute atomic E-state index is 0.0685. The van der Waals surface area contributed by atoms with Crippen LogP contribution in [0, 0.1) is 12.8 Å². The Balaban J connectivity index is 1.48. The third-order valence-electron chi connectivity index (χ3n) is 6.09. The first kappa shape index (κ1) is 19.4. The Morgan fingerprint density at radius 2 is 1.93 bits per heavy atom. The molecule has 0 N–H and O–H groups in total. The summed E-state index contributed by atoms with van der Waals surface area (Å²) in [6, 6.07) is 0.291. The normalized spacial score (nSPS) is 23.2. The standard InChI is InChI=1S/C20H29N3O5/c1-13-17(12-26-2)18(21-28-13)20(25)22-8-5-16(11-22)23(19(24)14-3-4-14)15-6-9-27-10-7-15/h14-16H,3-12H2,1-2H3. The van der Waals surface area contributed by atoms with Gasteiger partial charge in [-0.2, -0.15) is 0 Å². The van der Waals surface area contributed by atoms with Gasteiger partial charge in [-0.3, -0.25) is 9.59 Å². The maximum Gasteiger partial charge on any atom is 0.276 e. The van der Waals surface area contributed by atoms with E-state index in [1.807, 2.05) is 0 Å². The summed E-state index contributed by atoms with van der Waals surface area (Å²) in [5.74, 6) is 0.911. The number of nitrogens with zero attached hydrogens (tertiary/aromatic N) is 3. The molecule has 28 heavy (non-hydrogen) atoms. The van der Waals surface area contributed by atoms with Crippen LogP contribution in [0.3, 0.4) is 0 Å². The van der Waals surface area contributed by atoms with Gasteiger partial charge in [0, 0.05) is 45.4 Å². The molecule has 8 heteroatoms. The number of ether oxygens (including phenoxy) is 2. The molecule has 2 aliphatic heterocycles. The summed E-state index contributed by atoms with van der Waals surface area (Å²) in [6.07, 6.45) is 4.55. The highest BCUT2D eigenvalue weighted by molar-refractivity contribution is 5.94. The zero-order valence-corrected chi connectivity index (χ0v) is 16.7. The number of aryl methyl sites for hydroxylation is 1. The molecular formula is C20H29N3O5. The van der Waals surface area contributed by atoms with Gasteiger partial charge >= 0.3 is 0 Å².